The number of thiazole rings is 1. The molecule has 2 aromatic rings. The van der Waals surface area contributed by atoms with Crippen molar-refractivity contribution in [2.75, 3.05) is 0 Å². The normalized spacial score (nSPS) is 10.7. The van der Waals surface area contributed by atoms with Gasteiger partial charge in [-0.05, 0) is 18.6 Å². The third-order valence-corrected chi connectivity index (χ3v) is 3.13. The summed E-state index contributed by atoms with van der Waals surface area (Å²) >= 11 is 1.08. The van der Waals surface area contributed by atoms with Crippen molar-refractivity contribution in [2.45, 2.75) is 13.5 Å². The van der Waals surface area contributed by atoms with Gasteiger partial charge in [-0.25, -0.2) is 0 Å². The third-order valence-electron chi connectivity index (χ3n) is 2.18. The second kappa shape index (κ2) is 3.51. The molecule has 0 radical (unpaired) electrons. The van der Waals surface area contributed by atoms with E-state index in [2.05, 4.69) is 0 Å². The summed E-state index contributed by atoms with van der Waals surface area (Å²) in [6.45, 7) is 1.59. The molecule has 0 amide bonds. The van der Waals surface area contributed by atoms with Gasteiger partial charge in [0.15, 0.2) is 0 Å². The zero-order chi connectivity index (χ0) is 11.0. The minimum absolute atomic E-state index is 0.221. The van der Waals surface area contributed by atoms with Crippen molar-refractivity contribution in [1.82, 2.24) is 4.57 Å². The van der Waals surface area contributed by atoms with Crippen LogP contribution in [0.2, 0.25) is 0 Å². The van der Waals surface area contributed by atoms with E-state index in [0.29, 0.717) is 0 Å². The van der Waals surface area contributed by atoms with E-state index in [4.69, 9.17) is 5.11 Å². The molecule has 78 valence electrons. The van der Waals surface area contributed by atoms with Crippen LogP contribution in [-0.4, -0.2) is 15.6 Å². The predicted molar refractivity (Wildman–Crippen MR) is 58.5 cm³/mol. The fourth-order valence-electron chi connectivity index (χ4n) is 1.58. The summed E-state index contributed by atoms with van der Waals surface area (Å²) in [4.78, 5) is 21.9. The maximum absolute atomic E-state index is 11.5. The molecule has 0 atom stereocenters. The average Bonchev–Trinajstić information content (AvgIpc) is 2.43. The number of nitrogens with zero attached hydrogens (tertiary/aromatic N) is 1. The van der Waals surface area contributed by atoms with E-state index in [1.54, 1.807) is 0 Å². The summed E-state index contributed by atoms with van der Waals surface area (Å²) in [5, 5.41) is 8.70. The van der Waals surface area contributed by atoms with Crippen LogP contribution < -0.4 is 4.87 Å². The number of aromatic nitrogens is 1. The number of carboxylic acid groups (broad SMARTS) is 1. The Morgan fingerprint density at radius 1 is 1.53 bits per heavy atom. The number of rotatable bonds is 2. The molecule has 0 saturated carbocycles. The number of hydrogen-bond acceptors (Lipinski definition) is 3. The molecule has 0 spiro atoms. The molecular formula is C10H9NO3S. The highest BCUT2D eigenvalue weighted by atomic mass is 32.1. The summed E-state index contributed by atoms with van der Waals surface area (Å²) < 4.78 is 2.14. The molecule has 0 aliphatic heterocycles. The summed E-state index contributed by atoms with van der Waals surface area (Å²) in [5.41, 5.74) is 1.65. The van der Waals surface area contributed by atoms with Crippen molar-refractivity contribution < 1.29 is 9.90 Å². The molecule has 2 rings (SSSR count). The Morgan fingerprint density at radius 3 is 2.93 bits per heavy atom. The SMILES string of the molecule is Cc1cccc2sc(=O)n(CC(=O)O)c12. The van der Waals surface area contributed by atoms with E-state index in [1.165, 1.54) is 4.57 Å². The Bertz CT molecular complexity index is 582. The van der Waals surface area contributed by atoms with E-state index < -0.39 is 5.97 Å². The highest BCUT2D eigenvalue weighted by molar-refractivity contribution is 7.16. The number of aliphatic carboxylic acids is 1. The largest absolute Gasteiger partial charge is 0.480 e. The van der Waals surface area contributed by atoms with Gasteiger partial charge in [0.2, 0.25) is 0 Å². The number of carbonyl (C=O) groups is 1. The molecule has 0 bridgehead atoms. The first kappa shape index (κ1) is 9.92. The van der Waals surface area contributed by atoms with Crippen molar-refractivity contribution in [3.63, 3.8) is 0 Å². The number of para-hydroxylation sites is 1. The highest BCUT2D eigenvalue weighted by Gasteiger charge is 2.11. The van der Waals surface area contributed by atoms with Crippen molar-refractivity contribution in [2.24, 2.45) is 0 Å². The van der Waals surface area contributed by atoms with Gasteiger partial charge in [-0.2, -0.15) is 0 Å². The number of carboxylic acids is 1. The van der Waals surface area contributed by atoms with Crippen LogP contribution in [0.25, 0.3) is 10.2 Å². The standard InChI is InChI=1S/C10H9NO3S/c1-6-3-2-4-7-9(6)11(5-8(12)13)10(14)15-7/h2-4H,5H2,1H3,(H,12,13). The fourth-order valence-corrected chi connectivity index (χ4v) is 2.55. The van der Waals surface area contributed by atoms with Crippen LogP contribution in [0.4, 0.5) is 0 Å². The second-order valence-electron chi connectivity index (χ2n) is 3.27. The molecule has 4 nitrogen and oxygen atoms in total. The zero-order valence-corrected chi connectivity index (χ0v) is 8.87. The molecule has 0 aliphatic rings. The summed E-state index contributed by atoms with van der Waals surface area (Å²) in [5.74, 6) is -1.000. The summed E-state index contributed by atoms with van der Waals surface area (Å²) in [6.07, 6.45) is 0. The molecule has 15 heavy (non-hydrogen) atoms. The van der Waals surface area contributed by atoms with Crippen LogP contribution in [0.5, 0.6) is 0 Å². The molecule has 0 aliphatic carbocycles. The number of fused-ring (bicyclic) bond motifs is 1. The van der Waals surface area contributed by atoms with Crippen molar-refractivity contribution >= 4 is 27.5 Å². The predicted octanol–water partition coefficient (Wildman–Crippen LogP) is 1.46. The Balaban J connectivity index is 2.76. The molecule has 1 aromatic carbocycles. The number of benzene rings is 1. The Hall–Kier alpha value is -1.62. The van der Waals surface area contributed by atoms with Crippen LogP contribution in [0.15, 0.2) is 23.0 Å². The van der Waals surface area contributed by atoms with E-state index in [0.717, 1.165) is 27.1 Å². The molecular weight excluding hydrogens is 214 g/mol. The summed E-state index contributed by atoms with van der Waals surface area (Å²) in [6, 6.07) is 5.55. The van der Waals surface area contributed by atoms with E-state index in [-0.39, 0.29) is 11.4 Å². The van der Waals surface area contributed by atoms with Gasteiger partial charge >= 0.3 is 10.8 Å². The minimum atomic E-state index is -1.000. The lowest BCUT2D eigenvalue weighted by Gasteiger charge is -2.01. The molecule has 1 aromatic heterocycles. The number of aryl methyl sites for hydroxylation is 1. The first-order valence-electron chi connectivity index (χ1n) is 4.40. The van der Waals surface area contributed by atoms with Crippen molar-refractivity contribution in [3.05, 3.63) is 33.4 Å². The molecule has 0 unspecified atom stereocenters. The topological polar surface area (TPSA) is 59.3 Å². The molecule has 1 heterocycles. The third kappa shape index (κ3) is 1.66. The maximum atomic E-state index is 11.5. The van der Waals surface area contributed by atoms with Crippen LogP contribution in [-0.2, 0) is 11.3 Å². The first-order chi connectivity index (χ1) is 7.09. The smallest absolute Gasteiger partial charge is 0.323 e. The van der Waals surface area contributed by atoms with E-state index >= 15 is 0 Å². The van der Waals surface area contributed by atoms with Gasteiger partial charge in [0.05, 0.1) is 10.2 Å². The lowest BCUT2D eigenvalue weighted by atomic mass is 10.2. The van der Waals surface area contributed by atoms with Gasteiger partial charge in [0.25, 0.3) is 0 Å². The first-order valence-corrected chi connectivity index (χ1v) is 5.22. The van der Waals surface area contributed by atoms with Gasteiger partial charge in [0, 0.05) is 0 Å². The average molecular weight is 223 g/mol. The Kier molecular flexibility index (Phi) is 2.32. The quantitative estimate of drug-likeness (QED) is 0.838. The van der Waals surface area contributed by atoms with Gasteiger partial charge in [0.1, 0.15) is 6.54 Å². The lowest BCUT2D eigenvalue weighted by molar-refractivity contribution is -0.137. The lowest BCUT2D eigenvalue weighted by Crippen LogP contribution is -2.18. The minimum Gasteiger partial charge on any atom is -0.480 e. The van der Waals surface area contributed by atoms with Crippen LogP contribution in [0.3, 0.4) is 0 Å². The summed E-state index contributed by atoms with van der Waals surface area (Å²) in [7, 11) is 0. The van der Waals surface area contributed by atoms with Crippen LogP contribution in [0, 0.1) is 6.92 Å². The fraction of sp³-hybridized carbons (Fsp3) is 0.200. The second-order valence-corrected chi connectivity index (χ2v) is 4.26. The monoisotopic (exact) mass is 223 g/mol. The van der Waals surface area contributed by atoms with Gasteiger partial charge in [-0.1, -0.05) is 23.5 Å². The zero-order valence-electron chi connectivity index (χ0n) is 8.06. The van der Waals surface area contributed by atoms with Gasteiger partial charge in [-0.15, -0.1) is 0 Å². The van der Waals surface area contributed by atoms with Gasteiger partial charge < -0.3 is 5.11 Å². The van der Waals surface area contributed by atoms with E-state index in [9.17, 15) is 9.59 Å². The maximum Gasteiger partial charge on any atom is 0.323 e. The van der Waals surface area contributed by atoms with Crippen LogP contribution in [0.1, 0.15) is 5.56 Å². The highest BCUT2D eigenvalue weighted by Crippen LogP contribution is 2.20. The molecule has 0 saturated heterocycles. The number of hydrogen-bond donors (Lipinski definition) is 1. The van der Waals surface area contributed by atoms with Gasteiger partial charge in [-0.3, -0.25) is 14.2 Å². The molecule has 5 heteroatoms. The Morgan fingerprint density at radius 2 is 2.27 bits per heavy atom. The molecule has 0 fully saturated rings. The molecule has 1 N–H and O–H groups in total. The van der Waals surface area contributed by atoms with Crippen LogP contribution >= 0.6 is 11.3 Å². The van der Waals surface area contributed by atoms with Crippen molar-refractivity contribution in [3.8, 4) is 0 Å². The van der Waals surface area contributed by atoms with Crippen molar-refractivity contribution in [1.29, 1.82) is 0 Å². The van der Waals surface area contributed by atoms with E-state index in [1.807, 2.05) is 25.1 Å². The Labute approximate surface area is 89.4 Å².